The number of rotatable bonds is 3. The van der Waals surface area contributed by atoms with Crippen LogP contribution in [0.25, 0.3) is 0 Å². The van der Waals surface area contributed by atoms with E-state index in [-0.39, 0.29) is 24.4 Å². The summed E-state index contributed by atoms with van der Waals surface area (Å²) in [4.78, 5) is 16.2. The van der Waals surface area contributed by atoms with Crippen LogP contribution in [0.1, 0.15) is 59.1 Å². The summed E-state index contributed by atoms with van der Waals surface area (Å²) in [6.45, 7) is 9.01. The number of carbonyl (C=O) groups is 1. The molecule has 0 saturated carbocycles. The highest BCUT2D eigenvalue weighted by Gasteiger charge is 2.46. The van der Waals surface area contributed by atoms with Crippen LogP contribution in [0.2, 0.25) is 0 Å². The number of nitrogens with two attached hydrogens (primary N) is 1. The zero-order valence-electron chi connectivity index (χ0n) is 15.1. The molecule has 4 atom stereocenters. The van der Waals surface area contributed by atoms with Crippen LogP contribution in [0.5, 0.6) is 0 Å². The molecule has 0 aliphatic carbocycles. The predicted molar refractivity (Wildman–Crippen MR) is 91.1 cm³/mol. The fraction of sp³-hybridized carbons (Fsp3) is 0.667. The van der Waals surface area contributed by atoms with E-state index >= 15 is 0 Å². The Morgan fingerprint density at radius 3 is 2.79 bits per heavy atom. The van der Waals surface area contributed by atoms with Gasteiger partial charge in [-0.15, -0.1) is 0 Å². The number of pyridine rings is 1. The molecule has 1 aromatic rings. The van der Waals surface area contributed by atoms with E-state index in [9.17, 15) is 9.90 Å². The van der Waals surface area contributed by atoms with E-state index in [0.29, 0.717) is 12.1 Å². The second kappa shape index (κ2) is 6.69. The molecular weight excluding hydrogens is 308 g/mol. The van der Waals surface area contributed by atoms with Crippen molar-refractivity contribution in [2.75, 3.05) is 5.73 Å². The van der Waals surface area contributed by atoms with Crippen LogP contribution in [-0.4, -0.2) is 33.4 Å². The summed E-state index contributed by atoms with van der Waals surface area (Å²) in [7, 11) is 0. The lowest BCUT2D eigenvalue weighted by atomic mass is 9.75. The normalized spacial score (nSPS) is 30.8. The Hall–Kier alpha value is -1.66. The van der Waals surface area contributed by atoms with Crippen molar-refractivity contribution in [1.29, 1.82) is 0 Å². The van der Waals surface area contributed by atoms with Crippen LogP contribution >= 0.6 is 0 Å². The van der Waals surface area contributed by atoms with E-state index in [1.807, 2.05) is 33.8 Å². The van der Waals surface area contributed by atoms with E-state index < -0.39 is 17.3 Å². The highest BCUT2D eigenvalue weighted by molar-refractivity contribution is 5.70. The Kier molecular flexibility index (Phi) is 5.20. The summed E-state index contributed by atoms with van der Waals surface area (Å²) < 4.78 is 11.4. The van der Waals surface area contributed by atoms with Crippen LogP contribution in [0, 0.1) is 5.92 Å². The topological polar surface area (TPSA) is 94.7 Å². The molecule has 1 fully saturated rings. The molecule has 6 nitrogen and oxygen atoms in total. The minimum atomic E-state index is -1.12. The molecule has 134 valence electrons. The van der Waals surface area contributed by atoms with Crippen LogP contribution in [0.4, 0.5) is 5.69 Å². The number of esters is 1. The van der Waals surface area contributed by atoms with Crippen molar-refractivity contribution >= 4 is 11.7 Å². The molecule has 2 heterocycles. The molecule has 0 unspecified atom stereocenters. The van der Waals surface area contributed by atoms with Crippen LogP contribution in [0.15, 0.2) is 18.5 Å². The van der Waals surface area contributed by atoms with E-state index in [0.717, 1.165) is 5.56 Å². The summed E-state index contributed by atoms with van der Waals surface area (Å²) in [6, 6.07) is 1.82. The number of carbonyl (C=O) groups excluding carboxylic acids is 1. The van der Waals surface area contributed by atoms with E-state index in [2.05, 4.69) is 4.98 Å². The highest BCUT2D eigenvalue weighted by Crippen LogP contribution is 2.43. The summed E-state index contributed by atoms with van der Waals surface area (Å²) in [5.74, 6) is -0.600. The average Bonchev–Trinajstić information content (AvgIpc) is 2.42. The number of anilines is 1. The fourth-order valence-electron chi connectivity index (χ4n) is 3.05. The second-order valence-electron chi connectivity index (χ2n) is 7.72. The summed E-state index contributed by atoms with van der Waals surface area (Å²) in [6.07, 6.45) is 3.16. The molecule has 3 N–H and O–H groups in total. The van der Waals surface area contributed by atoms with Gasteiger partial charge in [0.1, 0.15) is 5.60 Å². The first-order chi connectivity index (χ1) is 11.0. The van der Waals surface area contributed by atoms with Crippen molar-refractivity contribution in [3.05, 3.63) is 24.0 Å². The maximum absolute atomic E-state index is 12.2. The zero-order valence-corrected chi connectivity index (χ0v) is 15.1. The number of hydrogen-bond acceptors (Lipinski definition) is 6. The molecule has 1 aromatic heterocycles. The Bertz CT molecular complexity index is 595. The molecule has 1 aliphatic heterocycles. The third-order valence-electron chi connectivity index (χ3n) is 4.58. The molecular formula is C18H28N2O4. The largest absolute Gasteiger partial charge is 0.460 e. The number of ether oxygens (including phenoxy) is 2. The van der Waals surface area contributed by atoms with Gasteiger partial charge in [-0.1, -0.05) is 0 Å². The average molecular weight is 336 g/mol. The van der Waals surface area contributed by atoms with Crippen molar-refractivity contribution in [3.63, 3.8) is 0 Å². The van der Waals surface area contributed by atoms with Crippen molar-refractivity contribution in [2.45, 2.75) is 70.9 Å². The molecule has 0 spiro atoms. The Labute approximate surface area is 143 Å². The quantitative estimate of drug-likeness (QED) is 0.824. The van der Waals surface area contributed by atoms with Gasteiger partial charge in [-0.25, -0.2) is 0 Å². The van der Waals surface area contributed by atoms with Crippen molar-refractivity contribution in [2.24, 2.45) is 5.92 Å². The molecule has 6 heteroatoms. The monoisotopic (exact) mass is 336 g/mol. The predicted octanol–water partition coefficient (Wildman–Crippen LogP) is 2.61. The Morgan fingerprint density at radius 1 is 1.54 bits per heavy atom. The molecule has 0 bridgehead atoms. The Morgan fingerprint density at radius 2 is 2.21 bits per heavy atom. The van der Waals surface area contributed by atoms with Gasteiger partial charge >= 0.3 is 5.97 Å². The number of nitrogens with zero attached hydrogens (tertiary/aromatic N) is 1. The van der Waals surface area contributed by atoms with Gasteiger partial charge in [-0.05, 0) is 47.1 Å². The van der Waals surface area contributed by atoms with Gasteiger partial charge in [-0.3, -0.25) is 9.78 Å². The summed E-state index contributed by atoms with van der Waals surface area (Å²) in [5, 5.41) is 10.8. The smallest absolute Gasteiger partial charge is 0.306 e. The van der Waals surface area contributed by atoms with Gasteiger partial charge in [0.2, 0.25) is 0 Å². The molecule has 0 amide bonds. The van der Waals surface area contributed by atoms with Gasteiger partial charge in [0.05, 0.1) is 36.1 Å². The van der Waals surface area contributed by atoms with E-state index in [1.54, 1.807) is 19.3 Å². The SMILES string of the molecule is C[C@@H]1O[C@H](c2ccncc2N)C[C@H](CC(=O)OC(C)(C)C)[C@@]1(C)O. The van der Waals surface area contributed by atoms with E-state index in [1.165, 1.54) is 0 Å². The fourth-order valence-corrected chi connectivity index (χ4v) is 3.05. The van der Waals surface area contributed by atoms with Crippen molar-refractivity contribution in [3.8, 4) is 0 Å². The molecule has 2 rings (SSSR count). The number of aromatic nitrogens is 1. The summed E-state index contributed by atoms with van der Waals surface area (Å²) in [5.41, 5.74) is 5.72. The van der Waals surface area contributed by atoms with E-state index in [4.69, 9.17) is 15.2 Å². The first kappa shape index (κ1) is 18.7. The minimum absolute atomic E-state index is 0.138. The maximum atomic E-state index is 12.2. The number of nitrogen functional groups attached to an aromatic ring is 1. The maximum Gasteiger partial charge on any atom is 0.306 e. The lowest BCUT2D eigenvalue weighted by molar-refractivity contribution is -0.200. The molecule has 1 aliphatic rings. The van der Waals surface area contributed by atoms with Gasteiger partial charge in [0, 0.05) is 17.7 Å². The summed E-state index contributed by atoms with van der Waals surface area (Å²) >= 11 is 0. The van der Waals surface area contributed by atoms with Crippen LogP contribution in [-0.2, 0) is 14.3 Å². The lowest BCUT2D eigenvalue weighted by Crippen LogP contribution is -2.51. The molecule has 0 aromatic carbocycles. The van der Waals surface area contributed by atoms with Gasteiger partial charge in [0.15, 0.2) is 0 Å². The third-order valence-corrected chi connectivity index (χ3v) is 4.58. The second-order valence-corrected chi connectivity index (χ2v) is 7.72. The molecule has 24 heavy (non-hydrogen) atoms. The van der Waals surface area contributed by atoms with Crippen molar-refractivity contribution in [1.82, 2.24) is 4.98 Å². The van der Waals surface area contributed by atoms with Gasteiger partial charge < -0.3 is 20.3 Å². The first-order valence-corrected chi connectivity index (χ1v) is 8.29. The van der Waals surface area contributed by atoms with Crippen molar-refractivity contribution < 1.29 is 19.4 Å². The van der Waals surface area contributed by atoms with Crippen LogP contribution < -0.4 is 5.73 Å². The first-order valence-electron chi connectivity index (χ1n) is 8.29. The number of hydrogen-bond donors (Lipinski definition) is 2. The van der Waals surface area contributed by atoms with Crippen LogP contribution in [0.3, 0.4) is 0 Å². The standard InChI is InChI=1S/C18H28N2O4/c1-11-18(5,22)12(9-16(21)24-17(2,3)4)8-15(23-11)13-6-7-20-10-14(13)19/h6-7,10-12,15,22H,8-9,19H2,1-5H3/t11-,12+,15-,18-/m0/s1. The lowest BCUT2D eigenvalue weighted by Gasteiger charge is -2.45. The highest BCUT2D eigenvalue weighted by atomic mass is 16.6. The third kappa shape index (κ3) is 4.24. The Balaban J connectivity index is 2.18. The minimum Gasteiger partial charge on any atom is -0.460 e. The molecule has 0 radical (unpaired) electrons. The number of aliphatic hydroxyl groups is 1. The zero-order chi connectivity index (χ0) is 18.1. The van der Waals surface area contributed by atoms with Gasteiger partial charge in [0.25, 0.3) is 0 Å². The molecule has 1 saturated heterocycles. The van der Waals surface area contributed by atoms with Gasteiger partial charge in [-0.2, -0.15) is 0 Å².